The number of hydrogen-bond acceptors (Lipinski definition) is 4. The van der Waals surface area contributed by atoms with Gasteiger partial charge in [-0.2, -0.15) is 5.10 Å². The first-order valence-electron chi connectivity index (χ1n) is 7.51. The number of hydrogen-bond donors (Lipinski definition) is 1. The van der Waals surface area contributed by atoms with Crippen LogP contribution in [0.15, 0.2) is 30.3 Å². The zero-order valence-corrected chi connectivity index (χ0v) is 12.9. The van der Waals surface area contributed by atoms with Crippen molar-refractivity contribution in [1.82, 2.24) is 9.78 Å². The normalized spacial score (nSPS) is 16.1. The monoisotopic (exact) mass is 300 g/mol. The second kappa shape index (κ2) is 5.44. The summed E-state index contributed by atoms with van der Waals surface area (Å²) in [7, 11) is 1.73. The summed E-state index contributed by atoms with van der Waals surface area (Å²) < 4.78 is 1.56. The van der Waals surface area contributed by atoms with E-state index in [0.717, 1.165) is 12.8 Å². The molecule has 1 aromatic carbocycles. The molecule has 0 spiro atoms. The third kappa shape index (κ3) is 2.34. The summed E-state index contributed by atoms with van der Waals surface area (Å²) in [4.78, 5) is 10.9. The summed E-state index contributed by atoms with van der Waals surface area (Å²) in [6.45, 7) is 2.36. The second-order valence-electron chi connectivity index (χ2n) is 6.02. The zero-order chi connectivity index (χ0) is 15.7. The fourth-order valence-corrected chi connectivity index (χ4v) is 3.28. The number of nitro groups is 1. The van der Waals surface area contributed by atoms with Crippen molar-refractivity contribution >= 4 is 11.5 Å². The van der Waals surface area contributed by atoms with Crippen molar-refractivity contribution in [3.63, 3.8) is 0 Å². The van der Waals surface area contributed by atoms with Gasteiger partial charge in [-0.05, 0) is 25.3 Å². The van der Waals surface area contributed by atoms with Gasteiger partial charge in [0.25, 0.3) is 0 Å². The van der Waals surface area contributed by atoms with Gasteiger partial charge in [-0.1, -0.05) is 36.8 Å². The molecule has 116 valence electrons. The van der Waals surface area contributed by atoms with Gasteiger partial charge in [0.2, 0.25) is 5.82 Å². The maximum absolute atomic E-state index is 11.2. The van der Waals surface area contributed by atoms with E-state index in [9.17, 15) is 10.1 Å². The van der Waals surface area contributed by atoms with Crippen molar-refractivity contribution in [2.45, 2.75) is 31.6 Å². The molecule has 1 aliphatic rings. The molecule has 1 aromatic heterocycles. The summed E-state index contributed by atoms with van der Waals surface area (Å²) in [6, 6.07) is 10.4. The highest BCUT2D eigenvalue weighted by atomic mass is 16.6. The minimum absolute atomic E-state index is 0.0741. The van der Waals surface area contributed by atoms with Gasteiger partial charge in [0.1, 0.15) is 5.69 Å². The molecule has 0 amide bonds. The summed E-state index contributed by atoms with van der Waals surface area (Å²) in [5, 5.41) is 18.7. The van der Waals surface area contributed by atoms with Crippen LogP contribution >= 0.6 is 0 Å². The standard InChI is InChI=1S/C16H20N4O2/c1-12-14(20(21)22)15(19(2)18-12)17-11-16(9-6-10-16)13-7-4-3-5-8-13/h3-5,7-8,17H,6,9-11H2,1-2H3. The molecule has 1 aliphatic carbocycles. The molecule has 0 atom stereocenters. The van der Waals surface area contributed by atoms with Crippen LogP contribution in [0.3, 0.4) is 0 Å². The zero-order valence-electron chi connectivity index (χ0n) is 12.9. The molecular weight excluding hydrogens is 280 g/mol. The molecule has 2 aromatic rings. The van der Waals surface area contributed by atoms with E-state index in [1.165, 1.54) is 12.0 Å². The maximum Gasteiger partial charge on any atom is 0.333 e. The van der Waals surface area contributed by atoms with Crippen molar-refractivity contribution in [2.24, 2.45) is 7.05 Å². The average Bonchev–Trinajstić information content (AvgIpc) is 2.73. The third-order valence-electron chi connectivity index (χ3n) is 4.66. The molecule has 0 aliphatic heterocycles. The van der Waals surface area contributed by atoms with Gasteiger partial charge in [-0.3, -0.25) is 10.1 Å². The first-order chi connectivity index (χ1) is 10.5. The van der Waals surface area contributed by atoms with Crippen LogP contribution in [0.2, 0.25) is 0 Å². The van der Waals surface area contributed by atoms with Crippen LogP contribution in [0.25, 0.3) is 0 Å². The van der Waals surface area contributed by atoms with Crippen LogP contribution in [0.4, 0.5) is 11.5 Å². The van der Waals surface area contributed by atoms with E-state index in [1.54, 1.807) is 18.7 Å². The Labute approximate surface area is 129 Å². The quantitative estimate of drug-likeness (QED) is 0.680. The molecule has 0 bridgehead atoms. The second-order valence-corrected chi connectivity index (χ2v) is 6.02. The van der Waals surface area contributed by atoms with Crippen LogP contribution in [-0.4, -0.2) is 21.2 Å². The Bertz CT molecular complexity index is 690. The van der Waals surface area contributed by atoms with Gasteiger partial charge in [0, 0.05) is 19.0 Å². The van der Waals surface area contributed by atoms with Crippen molar-refractivity contribution in [1.29, 1.82) is 0 Å². The van der Waals surface area contributed by atoms with Crippen molar-refractivity contribution in [3.8, 4) is 0 Å². The van der Waals surface area contributed by atoms with Gasteiger partial charge in [-0.25, -0.2) is 4.68 Å². The Kier molecular flexibility index (Phi) is 3.60. The van der Waals surface area contributed by atoms with Crippen molar-refractivity contribution in [2.75, 3.05) is 11.9 Å². The van der Waals surface area contributed by atoms with Crippen LogP contribution in [0.5, 0.6) is 0 Å². The SMILES string of the molecule is Cc1nn(C)c(NCC2(c3ccccc3)CCC2)c1[N+](=O)[O-]. The van der Waals surface area contributed by atoms with E-state index in [2.05, 4.69) is 22.5 Å². The van der Waals surface area contributed by atoms with Gasteiger partial charge in [-0.15, -0.1) is 0 Å². The van der Waals surface area contributed by atoms with E-state index >= 15 is 0 Å². The summed E-state index contributed by atoms with van der Waals surface area (Å²) in [6.07, 6.45) is 3.41. The number of benzene rings is 1. The molecule has 0 radical (unpaired) electrons. The molecular formula is C16H20N4O2. The van der Waals surface area contributed by atoms with Crippen molar-refractivity contribution in [3.05, 3.63) is 51.7 Å². The molecule has 1 saturated carbocycles. The minimum atomic E-state index is -0.360. The first kappa shape index (κ1) is 14.6. The van der Waals surface area contributed by atoms with Gasteiger partial charge >= 0.3 is 5.69 Å². The molecule has 3 rings (SSSR count). The topological polar surface area (TPSA) is 73.0 Å². The van der Waals surface area contributed by atoms with Gasteiger partial charge in [0.15, 0.2) is 0 Å². The first-order valence-corrected chi connectivity index (χ1v) is 7.51. The highest BCUT2D eigenvalue weighted by molar-refractivity contribution is 5.59. The Morgan fingerprint density at radius 1 is 1.36 bits per heavy atom. The fourth-order valence-electron chi connectivity index (χ4n) is 3.28. The van der Waals surface area contributed by atoms with Crippen LogP contribution in [0.1, 0.15) is 30.5 Å². The molecule has 6 nitrogen and oxygen atoms in total. The fraction of sp³-hybridized carbons (Fsp3) is 0.438. The number of aryl methyl sites for hydroxylation is 2. The summed E-state index contributed by atoms with van der Waals surface area (Å²) >= 11 is 0. The van der Waals surface area contributed by atoms with Crippen molar-refractivity contribution < 1.29 is 4.92 Å². The largest absolute Gasteiger partial charge is 0.364 e. The smallest absolute Gasteiger partial charge is 0.333 e. The minimum Gasteiger partial charge on any atom is -0.364 e. The molecule has 1 N–H and O–H groups in total. The molecule has 1 heterocycles. The number of anilines is 1. The van der Waals surface area contributed by atoms with Crippen LogP contribution < -0.4 is 5.32 Å². The molecule has 6 heteroatoms. The number of nitrogens with one attached hydrogen (secondary N) is 1. The number of rotatable bonds is 5. The van der Waals surface area contributed by atoms with E-state index in [4.69, 9.17) is 0 Å². The third-order valence-corrected chi connectivity index (χ3v) is 4.66. The Balaban J connectivity index is 1.85. The predicted octanol–water partition coefficient (Wildman–Crippen LogP) is 3.17. The highest BCUT2D eigenvalue weighted by Crippen LogP contribution is 2.44. The lowest BCUT2D eigenvalue weighted by molar-refractivity contribution is -0.384. The maximum atomic E-state index is 11.2. The van der Waals surface area contributed by atoms with Crippen LogP contribution in [0, 0.1) is 17.0 Å². The highest BCUT2D eigenvalue weighted by Gasteiger charge is 2.39. The lowest BCUT2D eigenvalue weighted by atomic mass is 9.64. The number of aromatic nitrogens is 2. The molecule has 0 unspecified atom stereocenters. The Morgan fingerprint density at radius 3 is 2.59 bits per heavy atom. The van der Waals surface area contributed by atoms with Crippen LogP contribution in [-0.2, 0) is 12.5 Å². The number of nitrogens with zero attached hydrogens (tertiary/aromatic N) is 3. The van der Waals surface area contributed by atoms with Gasteiger partial charge in [0.05, 0.1) is 4.92 Å². The van der Waals surface area contributed by atoms with Gasteiger partial charge < -0.3 is 5.32 Å². The Morgan fingerprint density at radius 2 is 2.05 bits per heavy atom. The van der Waals surface area contributed by atoms with E-state index < -0.39 is 0 Å². The molecule has 22 heavy (non-hydrogen) atoms. The molecule has 0 saturated heterocycles. The lowest BCUT2D eigenvalue weighted by Gasteiger charge is -2.42. The lowest BCUT2D eigenvalue weighted by Crippen LogP contribution is -2.41. The van der Waals surface area contributed by atoms with E-state index in [0.29, 0.717) is 18.1 Å². The summed E-state index contributed by atoms with van der Waals surface area (Å²) in [5.41, 5.74) is 1.89. The predicted molar refractivity (Wildman–Crippen MR) is 85.1 cm³/mol. The summed E-state index contributed by atoms with van der Waals surface area (Å²) in [5.74, 6) is 0.490. The molecule has 1 fully saturated rings. The van der Waals surface area contributed by atoms with E-state index in [1.807, 2.05) is 18.2 Å². The average molecular weight is 300 g/mol. The van der Waals surface area contributed by atoms with E-state index in [-0.39, 0.29) is 16.0 Å². The Hall–Kier alpha value is -2.37.